The van der Waals surface area contributed by atoms with Crippen LogP contribution in [0.3, 0.4) is 0 Å². The molecule has 3 rings (SSSR count). The van der Waals surface area contributed by atoms with Crippen LogP contribution in [0, 0.1) is 11.8 Å². The topological polar surface area (TPSA) is 61.4 Å². The molecule has 0 radical (unpaired) electrons. The van der Waals surface area contributed by atoms with Gasteiger partial charge in [-0.15, -0.1) is 0 Å². The molecule has 2 aliphatic heterocycles. The van der Waals surface area contributed by atoms with E-state index in [4.69, 9.17) is 0 Å². The summed E-state index contributed by atoms with van der Waals surface area (Å²) in [5.74, 6) is 1.01. The quantitative estimate of drug-likeness (QED) is 0.820. The lowest BCUT2D eigenvalue weighted by Crippen LogP contribution is -2.53. The molecule has 0 saturated carbocycles. The fourth-order valence-corrected chi connectivity index (χ4v) is 3.96. The maximum Gasteiger partial charge on any atom is 0.243 e. The van der Waals surface area contributed by atoms with E-state index < -0.39 is 6.04 Å². The summed E-state index contributed by atoms with van der Waals surface area (Å²) in [6.07, 6.45) is 3.28. The van der Waals surface area contributed by atoms with E-state index in [1.165, 1.54) is 12.0 Å². The lowest BCUT2D eigenvalue weighted by atomic mass is 9.92. The molecular weight excluding hydrogens is 326 g/mol. The molecule has 1 aromatic rings. The maximum absolute atomic E-state index is 12.9. The molecule has 2 unspecified atom stereocenters. The van der Waals surface area contributed by atoms with E-state index in [2.05, 4.69) is 22.8 Å². The average molecular weight is 357 g/mol. The first kappa shape index (κ1) is 18.9. The summed E-state index contributed by atoms with van der Waals surface area (Å²) in [6.45, 7) is 7.43. The molecule has 1 aromatic carbocycles. The minimum absolute atomic E-state index is 0.0115. The number of benzene rings is 1. The van der Waals surface area contributed by atoms with Crippen molar-refractivity contribution >= 4 is 11.8 Å². The second kappa shape index (κ2) is 8.67. The summed E-state index contributed by atoms with van der Waals surface area (Å²) in [6, 6.07) is 7.75. The van der Waals surface area contributed by atoms with Gasteiger partial charge < -0.3 is 15.5 Å². The van der Waals surface area contributed by atoms with Crippen molar-refractivity contribution in [3.63, 3.8) is 0 Å². The Morgan fingerprint density at radius 3 is 2.73 bits per heavy atom. The monoisotopic (exact) mass is 357 g/mol. The number of carbonyl (C=O) groups is 2. The van der Waals surface area contributed by atoms with Gasteiger partial charge in [0, 0.05) is 25.9 Å². The molecule has 1 fully saturated rings. The first-order valence-electron chi connectivity index (χ1n) is 9.89. The van der Waals surface area contributed by atoms with Gasteiger partial charge in [0.2, 0.25) is 11.8 Å². The normalized spacial score (nSPS) is 22.3. The summed E-state index contributed by atoms with van der Waals surface area (Å²) in [5.41, 5.74) is 2.34. The molecule has 2 aliphatic rings. The van der Waals surface area contributed by atoms with Crippen molar-refractivity contribution in [3.05, 3.63) is 35.4 Å². The zero-order valence-corrected chi connectivity index (χ0v) is 16.0. The van der Waals surface area contributed by atoms with E-state index in [0.29, 0.717) is 37.8 Å². The van der Waals surface area contributed by atoms with Gasteiger partial charge >= 0.3 is 0 Å². The van der Waals surface area contributed by atoms with Crippen molar-refractivity contribution in [2.75, 3.05) is 19.6 Å². The van der Waals surface area contributed by atoms with Crippen LogP contribution in [0.4, 0.5) is 0 Å². The smallest absolute Gasteiger partial charge is 0.243 e. The highest BCUT2D eigenvalue weighted by atomic mass is 16.2. The van der Waals surface area contributed by atoms with Crippen LogP contribution in [0.25, 0.3) is 0 Å². The second-order valence-electron chi connectivity index (χ2n) is 8.05. The van der Waals surface area contributed by atoms with Crippen LogP contribution in [-0.2, 0) is 22.6 Å². The molecule has 1 saturated heterocycles. The predicted molar refractivity (Wildman–Crippen MR) is 103 cm³/mol. The molecule has 0 aromatic heterocycles. The number of nitrogens with zero attached hydrogens (tertiary/aromatic N) is 1. The molecule has 0 aliphatic carbocycles. The first-order chi connectivity index (χ1) is 12.5. The molecule has 26 heavy (non-hydrogen) atoms. The van der Waals surface area contributed by atoms with Gasteiger partial charge in [-0.1, -0.05) is 38.1 Å². The van der Waals surface area contributed by atoms with Crippen molar-refractivity contribution < 1.29 is 9.59 Å². The molecule has 2 atom stereocenters. The van der Waals surface area contributed by atoms with Crippen molar-refractivity contribution in [2.24, 2.45) is 11.8 Å². The van der Waals surface area contributed by atoms with E-state index in [9.17, 15) is 9.59 Å². The predicted octanol–water partition coefficient (Wildman–Crippen LogP) is 2.10. The zero-order chi connectivity index (χ0) is 18.5. The highest BCUT2D eigenvalue weighted by Crippen LogP contribution is 2.25. The Bertz CT molecular complexity index is 638. The minimum Gasteiger partial charge on any atom is -0.354 e. The van der Waals surface area contributed by atoms with Crippen molar-refractivity contribution in [1.29, 1.82) is 0 Å². The fraction of sp³-hybridized carbons (Fsp3) is 0.619. The summed E-state index contributed by atoms with van der Waals surface area (Å²) < 4.78 is 0. The lowest BCUT2D eigenvalue weighted by molar-refractivity contribution is -0.142. The van der Waals surface area contributed by atoms with Gasteiger partial charge in [0.25, 0.3) is 0 Å². The summed E-state index contributed by atoms with van der Waals surface area (Å²) >= 11 is 0. The van der Waals surface area contributed by atoms with Crippen LogP contribution in [0.15, 0.2) is 24.3 Å². The van der Waals surface area contributed by atoms with Crippen LogP contribution in [0.2, 0.25) is 0 Å². The number of carbonyl (C=O) groups excluding carboxylic acids is 2. The van der Waals surface area contributed by atoms with Crippen LogP contribution >= 0.6 is 0 Å². The van der Waals surface area contributed by atoms with E-state index in [-0.39, 0.29) is 11.8 Å². The molecule has 2 amide bonds. The number of hydrogen-bond donors (Lipinski definition) is 2. The SMILES string of the molecule is CC(C)CC(=O)N1Cc2ccccc2CC1C(=O)NCCC1CCNC1. The minimum atomic E-state index is -0.391. The van der Waals surface area contributed by atoms with Crippen molar-refractivity contribution in [2.45, 2.75) is 52.1 Å². The van der Waals surface area contributed by atoms with Gasteiger partial charge in [-0.05, 0) is 48.9 Å². The van der Waals surface area contributed by atoms with E-state index in [0.717, 1.165) is 25.1 Å². The van der Waals surface area contributed by atoms with Gasteiger partial charge in [-0.2, -0.15) is 0 Å². The van der Waals surface area contributed by atoms with Gasteiger partial charge in [0.1, 0.15) is 6.04 Å². The van der Waals surface area contributed by atoms with Crippen LogP contribution in [0.1, 0.15) is 44.2 Å². The highest BCUT2D eigenvalue weighted by Gasteiger charge is 2.34. The third-order valence-corrected chi connectivity index (χ3v) is 5.47. The molecular formula is C21H31N3O2. The van der Waals surface area contributed by atoms with Gasteiger partial charge in [0.05, 0.1) is 0 Å². The third-order valence-electron chi connectivity index (χ3n) is 5.47. The number of rotatable bonds is 6. The van der Waals surface area contributed by atoms with Crippen LogP contribution in [-0.4, -0.2) is 42.4 Å². The van der Waals surface area contributed by atoms with Gasteiger partial charge in [-0.25, -0.2) is 0 Å². The Morgan fingerprint density at radius 1 is 1.27 bits per heavy atom. The van der Waals surface area contributed by atoms with E-state index in [1.54, 1.807) is 4.90 Å². The summed E-state index contributed by atoms with van der Waals surface area (Å²) in [4.78, 5) is 27.4. The standard InChI is InChI=1S/C21H31N3O2/c1-15(2)11-20(25)24-14-18-6-4-3-5-17(18)12-19(24)21(26)23-10-8-16-7-9-22-13-16/h3-6,15-16,19,22H,7-14H2,1-2H3,(H,23,26). The Kier molecular flexibility index (Phi) is 6.30. The van der Waals surface area contributed by atoms with Crippen molar-refractivity contribution in [1.82, 2.24) is 15.5 Å². The number of nitrogens with one attached hydrogen (secondary N) is 2. The molecule has 5 heteroatoms. The molecule has 2 heterocycles. The third kappa shape index (κ3) is 4.64. The lowest BCUT2D eigenvalue weighted by Gasteiger charge is -2.36. The largest absolute Gasteiger partial charge is 0.354 e. The number of fused-ring (bicyclic) bond motifs is 1. The first-order valence-corrected chi connectivity index (χ1v) is 9.89. The molecule has 0 bridgehead atoms. The van der Waals surface area contributed by atoms with E-state index >= 15 is 0 Å². The molecule has 5 nitrogen and oxygen atoms in total. The maximum atomic E-state index is 12.9. The average Bonchev–Trinajstić information content (AvgIpc) is 3.13. The van der Waals surface area contributed by atoms with Crippen LogP contribution < -0.4 is 10.6 Å². The Labute approximate surface area is 156 Å². The number of amides is 2. The summed E-state index contributed by atoms with van der Waals surface area (Å²) in [5, 5.41) is 6.45. The van der Waals surface area contributed by atoms with Gasteiger partial charge in [-0.3, -0.25) is 9.59 Å². The van der Waals surface area contributed by atoms with Crippen LogP contribution in [0.5, 0.6) is 0 Å². The molecule has 142 valence electrons. The van der Waals surface area contributed by atoms with Gasteiger partial charge in [0.15, 0.2) is 0 Å². The zero-order valence-electron chi connectivity index (χ0n) is 16.0. The second-order valence-corrected chi connectivity index (χ2v) is 8.05. The highest BCUT2D eigenvalue weighted by molar-refractivity contribution is 5.88. The Morgan fingerprint density at radius 2 is 2.04 bits per heavy atom. The van der Waals surface area contributed by atoms with E-state index in [1.807, 2.05) is 26.0 Å². The Balaban J connectivity index is 1.66. The molecule has 2 N–H and O–H groups in total. The Hall–Kier alpha value is -1.88. The van der Waals surface area contributed by atoms with Crippen molar-refractivity contribution in [3.8, 4) is 0 Å². The molecule has 0 spiro atoms. The summed E-state index contributed by atoms with van der Waals surface area (Å²) in [7, 11) is 0. The number of hydrogen-bond acceptors (Lipinski definition) is 3. The fourth-order valence-electron chi connectivity index (χ4n) is 3.96.